The minimum atomic E-state index is 0.140. The molecule has 0 bridgehead atoms. The number of aromatic nitrogens is 1. The molecule has 0 amide bonds. The van der Waals surface area contributed by atoms with Crippen LogP contribution in [0.4, 0.5) is 0 Å². The fraction of sp³-hybridized carbons (Fsp3) is 0.125. The summed E-state index contributed by atoms with van der Waals surface area (Å²) in [6.45, 7) is 7.69. The van der Waals surface area contributed by atoms with E-state index in [0.29, 0.717) is 22.0 Å². The molecule has 4 heteroatoms. The van der Waals surface area contributed by atoms with Gasteiger partial charge in [0.2, 0.25) is 0 Å². The minimum absolute atomic E-state index is 0.140. The Labute approximate surface area is 123 Å². The van der Waals surface area contributed by atoms with Crippen molar-refractivity contribution in [2.45, 2.75) is 13.8 Å². The van der Waals surface area contributed by atoms with Crippen molar-refractivity contribution in [1.82, 2.24) is 4.98 Å². The standard InChI is InChI=1S/C16H15ClN2O/c1-10-5-4-8-18-16(10)12(3)19-11(2)14-9-13(17)6-7-15(14)20/h4-9,20H,3H2,1-2H3. The third-order valence-corrected chi connectivity index (χ3v) is 3.17. The summed E-state index contributed by atoms with van der Waals surface area (Å²) in [7, 11) is 0. The molecule has 0 aliphatic heterocycles. The second-order valence-corrected chi connectivity index (χ2v) is 4.91. The average Bonchev–Trinajstić information content (AvgIpc) is 2.41. The molecule has 0 saturated heterocycles. The maximum absolute atomic E-state index is 9.86. The normalized spacial score (nSPS) is 11.4. The zero-order valence-electron chi connectivity index (χ0n) is 11.4. The lowest BCUT2D eigenvalue weighted by atomic mass is 10.1. The summed E-state index contributed by atoms with van der Waals surface area (Å²) >= 11 is 5.94. The topological polar surface area (TPSA) is 45.5 Å². The highest BCUT2D eigenvalue weighted by molar-refractivity contribution is 6.31. The van der Waals surface area contributed by atoms with E-state index in [1.807, 2.05) is 19.1 Å². The SMILES string of the molecule is C=C(N=C(C)c1cc(Cl)ccc1O)c1ncccc1C. The molecule has 2 aromatic rings. The first-order valence-corrected chi connectivity index (χ1v) is 6.52. The van der Waals surface area contributed by atoms with Gasteiger partial charge < -0.3 is 5.11 Å². The number of phenolic OH excluding ortho intramolecular Hbond substituents is 1. The second-order valence-electron chi connectivity index (χ2n) is 4.47. The summed E-state index contributed by atoms with van der Waals surface area (Å²) in [5.41, 5.74) is 3.53. The lowest BCUT2D eigenvalue weighted by molar-refractivity contribution is 0.474. The zero-order valence-corrected chi connectivity index (χ0v) is 12.1. The summed E-state index contributed by atoms with van der Waals surface area (Å²) in [4.78, 5) is 8.69. The van der Waals surface area contributed by atoms with Gasteiger partial charge in [0.05, 0.1) is 11.4 Å². The molecule has 2 rings (SSSR count). The summed E-state index contributed by atoms with van der Waals surface area (Å²) in [6.07, 6.45) is 1.70. The minimum Gasteiger partial charge on any atom is -0.507 e. The van der Waals surface area contributed by atoms with E-state index in [1.165, 1.54) is 0 Å². The van der Waals surface area contributed by atoms with Crippen molar-refractivity contribution >= 4 is 23.0 Å². The van der Waals surface area contributed by atoms with E-state index in [2.05, 4.69) is 16.6 Å². The summed E-state index contributed by atoms with van der Waals surface area (Å²) in [6, 6.07) is 8.67. The van der Waals surface area contributed by atoms with Crippen molar-refractivity contribution in [3.63, 3.8) is 0 Å². The monoisotopic (exact) mass is 286 g/mol. The molecule has 20 heavy (non-hydrogen) atoms. The van der Waals surface area contributed by atoms with Gasteiger partial charge in [-0.15, -0.1) is 0 Å². The number of aliphatic imine (C=N–C) groups is 1. The van der Waals surface area contributed by atoms with Crippen molar-refractivity contribution in [1.29, 1.82) is 0 Å². The number of hydrogen-bond acceptors (Lipinski definition) is 3. The maximum atomic E-state index is 9.86. The van der Waals surface area contributed by atoms with Crippen LogP contribution in [0.15, 0.2) is 48.1 Å². The van der Waals surface area contributed by atoms with E-state index in [9.17, 15) is 5.11 Å². The summed E-state index contributed by atoms with van der Waals surface area (Å²) in [5, 5.41) is 10.4. The fourth-order valence-corrected chi connectivity index (χ4v) is 2.07. The van der Waals surface area contributed by atoms with Crippen LogP contribution in [0.3, 0.4) is 0 Å². The van der Waals surface area contributed by atoms with Gasteiger partial charge in [0.25, 0.3) is 0 Å². The number of rotatable bonds is 3. The quantitative estimate of drug-likeness (QED) is 0.858. The largest absolute Gasteiger partial charge is 0.507 e. The van der Waals surface area contributed by atoms with E-state index in [-0.39, 0.29) is 5.75 Å². The first-order valence-electron chi connectivity index (χ1n) is 6.14. The summed E-state index contributed by atoms with van der Waals surface area (Å²) in [5.74, 6) is 0.140. The number of hydrogen-bond donors (Lipinski definition) is 1. The molecule has 1 aromatic heterocycles. The number of phenols is 1. The Morgan fingerprint density at radius 3 is 2.80 bits per heavy atom. The van der Waals surface area contributed by atoms with Crippen LogP contribution in [0.5, 0.6) is 5.75 Å². The third kappa shape index (κ3) is 3.06. The Bertz CT molecular complexity index is 693. The lowest BCUT2D eigenvalue weighted by Crippen LogP contribution is -1.98. The van der Waals surface area contributed by atoms with Gasteiger partial charge in [-0.1, -0.05) is 24.2 Å². The van der Waals surface area contributed by atoms with E-state index < -0.39 is 0 Å². The van der Waals surface area contributed by atoms with Crippen LogP contribution >= 0.6 is 11.6 Å². The van der Waals surface area contributed by atoms with E-state index >= 15 is 0 Å². The molecule has 1 heterocycles. The van der Waals surface area contributed by atoms with Gasteiger partial charge in [0.1, 0.15) is 5.75 Å². The Kier molecular flexibility index (Phi) is 4.20. The number of benzene rings is 1. The molecule has 102 valence electrons. The molecule has 0 atom stereocenters. The van der Waals surface area contributed by atoms with E-state index in [0.717, 1.165) is 11.3 Å². The van der Waals surface area contributed by atoms with Gasteiger partial charge in [-0.25, -0.2) is 0 Å². The highest BCUT2D eigenvalue weighted by atomic mass is 35.5. The highest BCUT2D eigenvalue weighted by Crippen LogP contribution is 2.24. The zero-order chi connectivity index (χ0) is 14.7. The van der Waals surface area contributed by atoms with Crippen LogP contribution in [0.1, 0.15) is 23.7 Å². The van der Waals surface area contributed by atoms with Crippen molar-refractivity contribution in [2.75, 3.05) is 0 Å². The Morgan fingerprint density at radius 1 is 1.35 bits per heavy atom. The molecule has 0 fully saturated rings. The lowest BCUT2D eigenvalue weighted by Gasteiger charge is -2.07. The first kappa shape index (κ1) is 14.3. The number of halogens is 1. The smallest absolute Gasteiger partial charge is 0.124 e. The molecule has 0 aliphatic rings. The van der Waals surface area contributed by atoms with Crippen molar-refractivity contribution in [3.05, 3.63) is 65.0 Å². The second kappa shape index (κ2) is 5.88. The Hall–Kier alpha value is -2.13. The van der Waals surface area contributed by atoms with Crippen LogP contribution in [-0.2, 0) is 0 Å². The molecule has 1 N–H and O–H groups in total. The molecule has 3 nitrogen and oxygen atoms in total. The predicted octanol–water partition coefficient (Wildman–Crippen LogP) is 4.23. The maximum Gasteiger partial charge on any atom is 0.124 e. The van der Waals surface area contributed by atoms with Crippen molar-refractivity contribution < 1.29 is 5.11 Å². The van der Waals surface area contributed by atoms with Gasteiger partial charge in [-0.3, -0.25) is 9.98 Å². The third-order valence-electron chi connectivity index (χ3n) is 2.93. The fourth-order valence-electron chi connectivity index (χ4n) is 1.90. The molecular formula is C16H15ClN2O. The van der Waals surface area contributed by atoms with Crippen LogP contribution in [0, 0.1) is 6.92 Å². The first-order chi connectivity index (χ1) is 9.49. The number of nitrogens with zero attached hydrogens (tertiary/aromatic N) is 2. The van der Waals surface area contributed by atoms with Gasteiger partial charge in [0, 0.05) is 22.5 Å². The van der Waals surface area contributed by atoms with Gasteiger partial charge >= 0.3 is 0 Å². The molecule has 0 radical (unpaired) electrons. The van der Waals surface area contributed by atoms with Crippen molar-refractivity contribution in [3.8, 4) is 5.75 Å². The van der Waals surface area contributed by atoms with Gasteiger partial charge in [-0.05, 0) is 43.7 Å². The van der Waals surface area contributed by atoms with E-state index in [1.54, 1.807) is 31.3 Å². The van der Waals surface area contributed by atoms with Crippen LogP contribution < -0.4 is 0 Å². The van der Waals surface area contributed by atoms with Crippen LogP contribution in [-0.4, -0.2) is 15.8 Å². The van der Waals surface area contributed by atoms with E-state index in [4.69, 9.17) is 11.6 Å². The summed E-state index contributed by atoms with van der Waals surface area (Å²) < 4.78 is 0. The molecule has 0 aliphatic carbocycles. The molecule has 1 aromatic carbocycles. The molecule has 0 unspecified atom stereocenters. The Balaban J connectivity index is 2.38. The number of aromatic hydroxyl groups is 1. The van der Waals surface area contributed by atoms with Crippen LogP contribution in [0.25, 0.3) is 5.70 Å². The molecule has 0 saturated carbocycles. The number of aryl methyl sites for hydroxylation is 1. The van der Waals surface area contributed by atoms with Crippen LogP contribution in [0.2, 0.25) is 5.02 Å². The predicted molar refractivity (Wildman–Crippen MR) is 83.3 cm³/mol. The Morgan fingerprint density at radius 2 is 2.10 bits per heavy atom. The van der Waals surface area contributed by atoms with Crippen molar-refractivity contribution in [2.24, 2.45) is 4.99 Å². The number of pyridine rings is 1. The van der Waals surface area contributed by atoms with Gasteiger partial charge in [0.15, 0.2) is 0 Å². The average molecular weight is 287 g/mol. The molecular weight excluding hydrogens is 272 g/mol. The molecule has 0 spiro atoms. The highest BCUT2D eigenvalue weighted by Gasteiger charge is 2.08. The van der Waals surface area contributed by atoms with Gasteiger partial charge in [-0.2, -0.15) is 0 Å².